The van der Waals surface area contributed by atoms with Crippen molar-refractivity contribution in [2.45, 2.75) is 53.1 Å². The zero-order valence-electron chi connectivity index (χ0n) is 22.5. The van der Waals surface area contributed by atoms with Crippen LogP contribution in [0.3, 0.4) is 0 Å². The van der Waals surface area contributed by atoms with E-state index in [4.69, 9.17) is 27.9 Å². The van der Waals surface area contributed by atoms with Crippen molar-refractivity contribution in [1.29, 1.82) is 0 Å². The zero-order valence-corrected chi connectivity index (χ0v) is 24.9. The van der Waals surface area contributed by atoms with E-state index in [2.05, 4.69) is 5.32 Å². The maximum Gasteiger partial charge on any atom is 0.242 e. The van der Waals surface area contributed by atoms with Crippen LogP contribution in [0.5, 0.6) is 5.75 Å². The Morgan fingerprint density at radius 3 is 2.26 bits per heavy atom. The Balaban J connectivity index is 2.18. The van der Waals surface area contributed by atoms with Crippen molar-refractivity contribution in [3.8, 4) is 5.75 Å². The average molecular weight is 587 g/mol. The van der Waals surface area contributed by atoms with E-state index in [1.54, 1.807) is 49.4 Å². The molecule has 0 aliphatic heterocycles. The molecule has 38 heavy (non-hydrogen) atoms. The maximum atomic E-state index is 13.4. The normalized spacial score (nSPS) is 12.2. The second-order valence-corrected chi connectivity index (χ2v) is 12.2. The number of rotatable bonds is 14. The largest absolute Gasteiger partial charge is 0.494 e. The average Bonchev–Trinajstić information content (AvgIpc) is 2.84. The SMILES string of the molecule is CCOc1ccc(N(CCCC(=O)N(Cc2ccc(Cl)cc2Cl)[C@@H](C)C(=O)NCC(C)C)S(C)(=O)=O)cc1. The fourth-order valence-corrected chi connectivity index (χ4v) is 5.18. The minimum Gasteiger partial charge on any atom is -0.494 e. The van der Waals surface area contributed by atoms with Gasteiger partial charge in [0.2, 0.25) is 21.8 Å². The van der Waals surface area contributed by atoms with Crippen molar-refractivity contribution in [3.63, 3.8) is 0 Å². The number of ether oxygens (including phenoxy) is 1. The number of benzene rings is 2. The molecule has 0 aliphatic carbocycles. The molecule has 2 aromatic carbocycles. The Kier molecular flexibility index (Phi) is 12.2. The van der Waals surface area contributed by atoms with Crippen LogP contribution in [0.25, 0.3) is 0 Å². The molecule has 0 saturated carbocycles. The van der Waals surface area contributed by atoms with Crippen LogP contribution in [0.15, 0.2) is 42.5 Å². The van der Waals surface area contributed by atoms with Crippen LogP contribution >= 0.6 is 23.2 Å². The smallest absolute Gasteiger partial charge is 0.242 e. The van der Waals surface area contributed by atoms with Crippen LogP contribution in [0, 0.1) is 5.92 Å². The number of anilines is 1. The van der Waals surface area contributed by atoms with Gasteiger partial charge >= 0.3 is 0 Å². The van der Waals surface area contributed by atoms with Crippen LogP contribution < -0.4 is 14.4 Å². The van der Waals surface area contributed by atoms with Gasteiger partial charge in [-0.2, -0.15) is 0 Å². The molecule has 0 spiro atoms. The van der Waals surface area contributed by atoms with Gasteiger partial charge in [-0.1, -0.05) is 43.1 Å². The van der Waals surface area contributed by atoms with Gasteiger partial charge in [0.1, 0.15) is 11.8 Å². The van der Waals surface area contributed by atoms with Crippen molar-refractivity contribution in [1.82, 2.24) is 10.2 Å². The quantitative estimate of drug-likeness (QED) is 0.331. The number of amides is 2. The second-order valence-electron chi connectivity index (χ2n) is 9.44. The molecule has 2 rings (SSSR count). The van der Waals surface area contributed by atoms with Gasteiger partial charge in [-0.25, -0.2) is 8.42 Å². The molecule has 0 saturated heterocycles. The molecule has 0 fully saturated rings. The van der Waals surface area contributed by atoms with Gasteiger partial charge in [0.05, 0.1) is 18.6 Å². The summed E-state index contributed by atoms with van der Waals surface area (Å²) in [6.07, 6.45) is 1.42. The molecule has 0 radical (unpaired) electrons. The summed E-state index contributed by atoms with van der Waals surface area (Å²) < 4.78 is 31.7. The fourth-order valence-electron chi connectivity index (χ4n) is 3.75. The molecule has 0 unspecified atom stereocenters. The van der Waals surface area contributed by atoms with Gasteiger partial charge in [-0.15, -0.1) is 0 Å². The summed E-state index contributed by atoms with van der Waals surface area (Å²) in [4.78, 5) is 27.7. The lowest BCUT2D eigenvalue weighted by Crippen LogP contribution is -2.48. The molecule has 0 aliphatic rings. The predicted molar refractivity (Wildman–Crippen MR) is 153 cm³/mol. The van der Waals surface area contributed by atoms with Crippen LogP contribution in [0.2, 0.25) is 10.0 Å². The van der Waals surface area contributed by atoms with Gasteiger partial charge in [0, 0.05) is 36.1 Å². The van der Waals surface area contributed by atoms with Gasteiger partial charge in [-0.05, 0) is 68.1 Å². The third kappa shape index (κ3) is 9.67. The first-order valence-electron chi connectivity index (χ1n) is 12.5. The molecule has 0 heterocycles. The first-order chi connectivity index (χ1) is 17.8. The standard InChI is InChI=1S/C27H37Cl2N3O5S/c1-6-37-24-13-11-23(12-14-24)32(38(5,35)36)15-7-8-26(33)31(20(4)27(34)30-17-19(2)3)18-21-9-10-22(28)16-25(21)29/h9-14,16,19-20H,6-8,15,17-18H2,1-5H3,(H,30,34)/t20-/m0/s1. The third-order valence-electron chi connectivity index (χ3n) is 5.80. The van der Waals surface area contributed by atoms with E-state index >= 15 is 0 Å². The lowest BCUT2D eigenvalue weighted by Gasteiger charge is -2.30. The number of sulfonamides is 1. The number of nitrogens with zero attached hydrogens (tertiary/aromatic N) is 2. The third-order valence-corrected chi connectivity index (χ3v) is 7.58. The molecule has 2 amide bonds. The van der Waals surface area contributed by atoms with Crippen molar-refractivity contribution in [2.24, 2.45) is 5.92 Å². The molecule has 1 N–H and O–H groups in total. The van der Waals surface area contributed by atoms with Crippen molar-refractivity contribution in [3.05, 3.63) is 58.1 Å². The summed E-state index contributed by atoms with van der Waals surface area (Å²) in [6, 6.07) is 11.0. The van der Waals surface area contributed by atoms with Gasteiger partial charge in [-0.3, -0.25) is 13.9 Å². The summed E-state index contributed by atoms with van der Waals surface area (Å²) in [5, 5.41) is 3.73. The number of nitrogens with one attached hydrogen (secondary N) is 1. The van der Waals surface area contributed by atoms with E-state index in [-0.39, 0.29) is 43.7 Å². The predicted octanol–water partition coefficient (Wildman–Crippen LogP) is 5.13. The number of hydrogen-bond acceptors (Lipinski definition) is 5. The number of hydrogen-bond donors (Lipinski definition) is 1. The summed E-state index contributed by atoms with van der Waals surface area (Å²) in [7, 11) is -3.59. The molecule has 11 heteroatoms. The zero-order chi connectivity index (χ0) is 28.5. The van der Waals surface area contributed by atoms with Crippen molar-refractivity contribution >= 4 is 50.7 Å². The Bertz CT molecular complexity index is 1190. The Morgan fingerprint density at radius 1 is 1.05 bits per heavy atom. The van der Waals surface area contributed by atoms with E-state index in [9.17, 15) is 18.0 Å². The number of carbonyl (C=O) groups excluding carboxylic acids is 2. The van der Waals surface area contributed by atoms with Crippen LogP contribution in [0.4, 0.5) is 5.69 Å². The van der Waals surface area contributed by atoms with E-state index in [1.807, 2.05) is 20.8 Å². The van der Waals surface area contributed by atoms with Crippen LogP contribution in [-0.2, 0) is 26.2 Å². The molecular formula is C27H37Cl2N3O5S. The lowest BCUT2D eigenvalue weighted by atomic mass is 10.1. The van der Waals surface area contributed by atoms with Crippen LogP contribution in [-0.4, -0.2) is 57.1 Å². The van der Waals surface area contributed by atoms with Gasteiger partial charge in [0.15, 0.2) is 0 Å². The molecule has 1 atom stereocenters. The van der Waals surface area contributed by atoms with Crippen molar-refractivity contribution < 1.29 is 22.7 Å². The fraction of sp³-hybridized carbons (Fsp3) is 0.481. The first-order valence-corrected chi connectivity index (χ1v) is 15.2. The molecule has 2 aromatic rings. The molecule has 0 aromatic heterocycles. The number of carbonyl (C=O) groups is 2. The van der Waals surface area contributed by atoms with Crippen LogP contribution in [0.1, 0.15) is 46.1 Å². The number of halogens is 2. The van der Waals surface area contributed by atoms with E-state index in [0.29, 0.717) is 40.2 Å². The highest BCUT2D eigenvalue weighted by Gasteiger charge is 2.27. The molecule has 0 bridgehead atoms. The highest BCUT2D eigenvalue weighted by molar-refractivity contribution is 7.92. The van der Waals surface area contributed by atoms with E-state index in [0.717, 1.165) is 6.26 Å². The first kappa shape index (κ1) is 31.7. The lowest BCUT2D eigenvalue weighted by molar-refractivity contribution is -0.140. The molecule has 8 nitrogen and oxygen atoms in total. The van der Waals surface area contributed by atoms with E-state index < -0.39 is 16.1 Å². The van der Waals surface area contributed by atoms with E-state index in [1.165, 1.54) is 9.21 Å². The summed E-state index contributed by atoms with van der Waals surface area (Å²) >= 11 is 12.4. The summed E-state index contributed by atoms with van der Waals surface area (Å²) in [6.45, 7) is 8.70. The maximum absolute atomic E-state index is 13.4. The summed E-state index contributed by atoms with van der Waals surface area (Å²) in [5.41, 5.74) is 1.13. The Labute approximate surface area is 236 Å². The summed E-state index contributed by atoms with van der Waals surface area (Å²) in [5.74, 6) is 0.333. The topological polar surface area (TPSA) is 96.0 Å². The molecular weight excluding hydrogens is 549 g/mol. The van der Waals surface area contributed by atoms with Gasteiger partial charge in [0.25, 0.3) is 0 Å². The van der Waals surface area contributed by atoms with Crippen molar-refractivity contribution in [2.75, 3.05) is 30.3 Å². The highest BCUT2D eigenvalue weighted by Crippen LogP contribution is 2.25. The van der Waals surface area contributed by atoms with Gasteiger partial charge < -0.3 is 15.0 Å². The minimum absolute atomic E-state index is 0.0378. The highest BCUT2D eigenvalue weighted by atomic mass is 35.5. The molecule has 210 valence electrons. The Morgan fingerprint density at radius 2 is 1.71 bits per heavy atom. The monoisotopic (exact) mass is 585 g/mol. The minimum atomic E-state index is -3.59. The Hall–Kier alpha value is -2.49. The second kappa shape index (κ2) is 14.6.